The monoisotopic (exact) mass is 288 g/mol. The molecule has 20 heavy (non-hydrogen) atoms. The second-order valence-corrected chi connectivity index (χ2v) is 5.18. The van der Waals surface area contributed by atoms with Crippen molar-refractivity contribution >= 4 is 0 Å². The molecule has 1 aromatic rings. The summed E-state index contributed by atoms with van der Waals surface area (Å²) in [5.74, 6) is 0.460. The summed E-state index contributed by atoms with van der Waals surface area (Å²) in [6.45, 7) is 4.02. The Morgan fingerprint density at radius 3 is 2.45 bits per heavy atom. The summed E-state index contributed by atoms with van der Waals surface area (Å²) in [5, 5.41) is 0. The van der Waals surface area contributed by atoms with Crippen LogP contribution in [0.15, 0.2) is 18.2 Å². The lowest BCUT2D eigenvalue weighted by atomic mass is 9.90. The van der Waals surface area contributed by atoms with E-state index in [1.807, 2.05) is 13.8 Å². The van der Waals surface area contributed by atoms with Crippen molar-refractivity contribution < 1.29 is 22.6 Å². The molecule has 0 aromatic heterocycles. The highest BCUT2D eigenvalue weighted by Crippen LogP contribution is 2.40. The van der Waals surface area contributed by atoms with Crippen molar-refractivity contribution in [3.63, 3.8) is 0 Å². The van der Waals surface area contributed by atoms with E-state index in [1.54, 1.807) is 0 Å². The molecule has 2 nitrogen and oxygen atoms in total. The lowest BCUT2D eigenvalue weighted by molar-refractivity contribution is -0.137. The zero-order chi connectivity index (χ0) is 14.9. The van der Waals surface area contributed by atoms with Gasteiger partial charge in [0, 0.05) is 0 Å². The Morgan fingerprint density at radius 2 is 2.00 bits per heavy atom. The van der Waals surface area contributed by atoms with E-state index in [9.17, 15) is 13.2 Å². The molecule has 1 aliphatic heterocycles. The van der Waals surface area contributed by atoms with Crippen LogP contribution in [0.3, 0.4) is 0 Å². The van der Waals surface area contributed by atoms with Crippen molar-refractivity contribution in [2.45, 2.75) is 51.0 Å². The van der Waals surface area contributed by atoms with Gasteiger partial charge in [-0.2, -0.15) is 13.2 Å². The first-order valence-electron chi connectivity index (χ1n) is 6.77. The van der Waals surface area contributed by atoms with E-state index in [1.165, 1.54) is 13.2 Å². The molecule has 1 fully saturated rings. The van der Waals surface area contributed by atoms with E-state index in [4.69, 9.17) is 9.47 Å². The third kappa shape index (κ3) is 3.26. The number of benzene rings is 1. The molecule has 1 aromatic carbocycles. The lowest BCUT2D eigenvalue weighted by Gasteiger charge is -2.19. The zero-order valence-corrected chi connectivity index (χ0v) is 11.8. The molecule has 0 N–H and O–H groups in total. The summed E-state index contributed by atoms with van der Waals surface area (Å²) in [6.07, 6.45) is -2.22. The molecule has 0 saturated carbocycles. The first-order chi connectivity index (χ1) is 9.36. The Kier molecular flexibility index (Phi) is 4.28. The van der Waals surface area contributed by atoms with Crippen LogP contribution in [0.5, 0.6) is 5.75 Å². The smallest absolute Gasteiger partial charge is 0.416 e. The average molecular weight is 288 g/mol. The third-order valence-corrected chi connectivity index (χ3v) is 3.85. The van der Waals surface area contributed by atoms with Crippen LogP contribution in [0.25, 0.3) is 0 Å². The number of alkyl halides is 3. The van der Waals surface area contributed by atoms with Crippen LogP contribution in [-0.2, 0) is 10.9 Å². The Labute approximate surface area is 116 Å². The Hall–Kier alpha value is -1.23. The molecule has 5 heteroatoms. The normalized spacial score (nSPS) is 23.5. The minimum atomic E-state index is -4.35. The maximum absolute atomic E-state index is 12.7. The molecule has 0 bridgehead atoms. The summed E-state index contributed by atoms with van der Waals surface area (Å²) in [4.78, 5) is 0. The summed E-state index contributed by atoms with van der Waals surface area (Å²) < 4.78 is 48.7. The summed E-state index contributed by atoms with van der Waals surface area (Å²) >= 11 is 0. The van der Waals surface area contributed by atoms with Crippen LogP contribution in [0.1, 0.15) is 43.7 Å². The first kappa shape index (κ1) is 15.2. The van der Waals surface area contributed by atoms with Crippen molar-refractivity contribution in [2.75, 3.05) is 7.11 Å². The number of epoxide rings is 1. The summed E-state index contributed by atoms with van der Waals surface area (Å²) in [6, 6.07) is 3.73. The van der Waals surface area contributed by atoms with E-state index in [0.29, 0.717) is 5.75 Å². The Bertz CT molecular complexity index is 471. The van der Waals surface area contributed by atoms with Gasteiger partial charge >= 0.3 is 6.18 Å². The number of hydrogen-bond donors (Lipinski definition) is 0. The predicted molar refractivity (Wildman–Crippen MR) is 70.0 cm³/mol. The van der Waals surface area contributed by atoms with Crippen molar-refractivity contribution in [3.05, 3.63) is 29.3 Å². The summed E-state index contributed by atoms with van der Waals surface area (Å²) in [5.41, 5.74) is 0.148. The molecular weight excluding hydrogens is 269 g/mol. The first-order valence-corrected chi connectivity index (χ1v) is 6.77. The summed E-state index contributed by atoms with van der Waals surface area (Å²) in [7, 11) is 1.40. The van der Waals surface area contributed by atoms with Crippen LogP contribution < -0.4 is 4.74 Å². The second-order valence-electron chi connectivity index (χ2n) is 5.18. The van der Waals surface area contributed by atoms with E-state index < -0.39 is 11.7 Å². The number of rotatable bonds is 5. The predicted octanol–water partition coefficient (Wildman–Crippen LogP) is 4.39. The van der Waals surface area contributed by atoms with Gasteiger partial charge in [-0.15, -0.1) is 0 Å². The quantitative estimate of drug-likeness (QED) is 0.750. The molecule has 1 heterocycles. The largest absolute Gasteiger partial charge is 0.496 e. The van der Waals surface area contributed by atoms with Crippen LogP contribution in [0.2, 0.25) is 0 Å². The van der Waals surface area contributed by atoms with E-state index in [2.05, 4.69) is 0 Å². The fourth-order valence-corrected chi connectivity index (χ4v) is 2.50. The van der Waals surface area contributed by atoms with Crippen LogP contribution in [0, 0.1) is 0 Å². The molecule has 0 radical (unpaired) electrons. The van der Waals surface area contributed by atoms with E-state index >= 15 is 0 Å². The molecule has 1 aliphatic rings. The van der Waals surface area contributed by atoms with E-state index in [0.717, 1.165) is 30.5 Å². The van der Waals surface area contributed by atoms with Crippen molar-refractivity contribution in [2.24, 2.45) is 0 Å². The van der Waals surface area contributed by atoms with Crippen LogP contribution in [-0.4, -0.2) is 19.3 Å². The number of halogens is 3. The minimum Gasteiger partial charge on any atom is -0.496 e. The lowest BCUT2D eigenvalue weighted by Crippen LogP contribution is -2.09. The molecule has 0 amide bonds. The molecule has 1 saturated heterocycles. The Balaban J connectivity index is 2.25. The van der Waals surface area contributed by atoms with Crippen molar-refractivity contribution in [1.82, 2.24) is 0 Å². The SMILES string of the molecule is CCC(CC1OC1C)c1ccc(C(F)(F)F)cc1OC. The fraction of sp³-hybridized carbons (Fsp3) is 0.600. The van der Waals surface area contributed by atoms with Crippen molar-refractivity contribution in [1.29, 1.82) is 0 Å². The van der Waals surface area contributed by atoms with Gasteiger partial charge in [0.2, 0.25) is 0 Å². The Morgan fingerprint density at radius 1 is 1.35 bits per heavy atom. The molecule has 3 unspecified atom stereocenters. The highest BCUT2D eigenvalue weighted by Gasteiger charge is 2.37. The highest BCUT2D eigenvalue weighted by atomic mass is 19.4. The number of hydrogen-bond acceptors (Lipinski definition) is 2. The van der Waals surface area contributed by atoms with E-state index in [-0.39, 0.29) is 18.1 Å². The molecular formula is C15H19F3O2. The van der Waals surface area contributed by atoms with Crippen molar-refractivity contribution in [3.8, 4) is 5.75 Å². The maximum atomic E-state index is 12.7. The number of ether oxygens (including phenoxy) is 2. The third-order valence-electron chi connectivity index (χ3n) is 3.85. The topological polar surface area (TPSA) is 21.8 Å². The maximum Gasteiger partial charge on any atom is 0.416 e. The van der Waals surface area contributed by atoms with Crippen LogP contribution >= 0.6 is 0 Å². The zero-order valence-electron chi connectivity index (χ0n) is 11.8. The van der Waals surface area contributed by atoms with Gasteiger partial charge < -0.3 is 9.47 Å². The highest BCUT2D eigenvalue weighted by molar-refractivity contribution is 5.41. The molecule has 112 valence electrons. The van der Waals surface area contributed by atoms with Gasteiger partial charge in [-0.3, -0.25) is 0 Å². The number of methoxy groups -OCH3 is 1. The standard InChI is InChI=1S/C15H19F3O2/c1-4-10(7-13-9(2)20-13)12-6-5-11(15(16,17)18)8-14(12)19-3/h5-6,8-10,13H,4,7H2,1-3H3. The molecule has 3 atom stereocenters. The van der Waals surface area contributed by atoms with Gasteiger partial charge in [0.15, 0.2) is 0 Å². The van der Waals surface area contributed by atoms with Gasteiger partial charge in [-0.05, 0) is 43.4 Å². The van der Waals surface area contributed by atoms with Gasteiger partial charge in [0.05, 0.1) is 24.9 Å². The van der Waals surface area contributed by atoms with Gasteiger partial charge in [-0.25, -0.2) is 0 Å². The van der Waals surface area contributed by atoms with Gasteiger partial charge in [0.1, 0.15) is 5.75 Å². The minimum absolute atomic E-state index is 0.155. The van der Waals surface area contributed by atoms with Gasteiger partial charge in [0.25, 0.3) is 0 Å². The van der Waals surface area contributed by atoms with Crippen LogP contribution in [0.4, 0.5) is 13.2 Å². The van der Waals surface area contributed by atoms with Gasteiger partial charge in [-0.1, -0.05) is 13.0 Å². The second kappa shape index (κ2) is 5.64. The molecule has 0 spiro atoms. The molecule has 0 aliphatic carbocycles. The fourth-order valence-electron chi connectivity index (χ4n) is 2.50. The average Bonchev–Trinajstić information content (AvgIpc) is 3.10. The molecule has 2 rings (SSSR count).